The first-order valence-electron chi connectivity index (χ1n) is 6.29. The summed E-state index contributed by atoms with van der Waals surface area (Å²) in [5, 5.41) is 0.208. The van der Waals surface area contributed by atoms with Gasteiger partial charge >= 0.3 is 0 Å². The standard InChI is InChI=1S/C12H17BrCl2N2O2S/c1-3-17(4-2)6-5-16-20(18,19)12-10(14)7-9(13)8-11(12)15/h7-8,16H,3-6H2,1-2H3/p+1. The number of likely N-dealkylation sites (N-methyl/N-ethyl adjacent to an activating group) is 1. The fourth-order valence-corrected chi connectivity index (χ4v) is 4.79. The van der Waals surface area contributed by atoms with Crippen LogP contribution in [0.2, 0.25) is 10.0 Å². The summed E-state index contributed by atoms with van der Waals surface area (Å²) >= 11 is 15.2. The molecule has 0 amide bonds. The summed E-state index contributed by atoms with van der Waals surface area (Å²) in [7, 11) is -3.70. The van der Waals surface area contributed by atoms with E-state index in [1.807, 2.05) is 0 Å². The van der Waals surface area contributed by atoms with Gasteiger partial charge in [0.2, 0.25) is 10.0 Å². The quantitative estimate of drug-likeness (QED) is 0.729. The number of halogens is 3. The third kappa shape index (κ3) is 4.86. The van der Waals surface area contributed by atoms with Crippen LogP contribution in [-0.4, -0.2) is 34.6 Å². The fraction of sp³-hybridized carbons (Fsp3) is 0.500. The molecule has 8 heteroatoms. The largest absolute Gasteiger partial charge is 0.334 e. The van der Waals surface area contributed by atoms with E-state index in [2.05, 4.69) is 34.5 Å². The zero-order valence-corrected chi connectivity index (χ0v) is 15.3. The molecule has 1 rings (SSSR count). The van der Waals surface area contributed by atoms with Gasteiger partial charge in [0.05, 0.1) is 36.2 Å². The molecule has 0 aliphatic rings. The molecule has 0 spiro atoms. The van der Waals surface area contributed by atoms with Crippen molar-refractivity contribution in [2.45, 2.75) is 18.7 Å². The second-order valence-electron chi connectivity index (χ2n) is 4.30. The molecule has 0 unspecified atom stereocenters. The average molecular weight is 405 g/mol. The van der Waals surface area contributed by atoms with Crippen LogP contribution >= 0.6 is 39.1 Å². The van der Waals surface area contributed by atoms with Crippen molar-refractivity contribution in [1.82, 2.24) is 4.72 Å². The van der Waals surface area contributed by atoms with Crippen molar-refractivity contribution in [3.05, 3.63) is 26.7 Å². The summed E-state index contributed by atoms with van der Waals surface area (Å²) in [4.78, 5) is 1.25. The van der Waals surface area contributed by atoms with Gasteiger partial charge in [-0.05, 0) is 26.0 Å². The normalized spacial score (nSPS) is 12.1. The summed E-state index contributed by atoms with van der Waals surface area (Å²) in [6.45, 7) is 7.11. The van der Waals surface area contributed by atoms with Crippen molar-refractivity contribution in [1.29, 1.82) is 0 Å². The molecule has 4 nitrogen and oxygen atoms in total. The smallest absolute Gasteiger partial charge is 0.243 e. The number of rotatable bonds is 7. The van der Waals surface area contributed by atoms with Crippen molar-refractivity contribution < 1.29 is 13.3 Å². The molecule has 2 N–H and O–H groups in total. The summed E-state index contributed by atoms with van der Waals surface area (Å²) < 4.78 is 27.7. The Bertz CT molecular complexity index is 540. The maximum absolute atomic E-state index is 12.2. The molecule has 0 saturated carbocycles. The summed E-state index contributed by atoms with van der Waals surface area (Å²) in [5.74, 6) is 0. The van der Waals surface area contributed by atoms with Crippen LogP contribution in [0.1, 0.15) is 13.8 Å². The van der Waals surface area contributed by atoms with Crippen LogP contribution in [-0.2, 0) is 10.0 Å². The zero-order valence-electron chi connectivity index (χ0n) is 11.3. The maximum atomic E-state index is 12.2. The summed E-state index contributed by atoms with van der Waals surface area (Å²) in [5.41, 5.74) is 0. The van der Waals surface area contributed by atoms with E-state index >= 15 is 0 Å². The Morgan fingerprint density at radius 2 is 1.70 bits per heavy atom. The Kier molecular flexibility index (Phi) is 7.24. The molecule has 0 fully saturated rings. The number of hydrogen-bond acceptors (Lipinski definition) is 2. The van der Waals surface area contributed by atoms with Crippen LogP contribution in [0, 0.1) is 0 Å². The Labute approximate surface area is 138 Å². The van der Waals surface area contributed by atoms with E-state index < -0.39 is 10.0 Å². The molecule has 114 valence electrons. The molecule has 20 heavy (non-hydrogen) atoms. The van der Waals surface area contributed by atoms with E-state index in [1.54, 1.807) is 0 Å². The van der Waals surface area contributed by atoms with Gasteiger partial charge in [-0.25, -0.2) is 13.1 Å². The van der Waals surface area contributed by atoms with Crippen LogP contribution in [0.4, 0.5) is 0 Å². The van der Waals surface area contributed by atoms with Crippen molar-refractivity contribution in [3.8, 4) is 0 Å². The first-order chi connectivity index (χ1) is 9.31. The molecule has 0 radical (unpaired) electrons. The summed E-state index contributed by atoms with van der Waals surface area (Å²) in [6.07, 6.45) is 0. The first-order valence-corrected chi connectivity index (χ1v) is 9.32. The van der Waals surface area contributed by atoms with Crippen LogP contribution in [0.5, 0.6) is 0 Å². The second-order valence-corrected chi connectivity index (χ2v) is 7.74. The van der Waals surface area contributed by atoms with E-state index in [9.17, 15) is 8.42 Å². The molecule has 0 aromatic heterocycles. The zero-order chi connectivity index (χ0) is 15.3. The lowest BCUT2D eigenvalue weighted by Crippen LogP contribution is -3.12. The van der Waals surface area contributed by atoms with E-state index in [0.29, 0.717) is 11.0 Å². The van der Waals surface area contributed by atoms with Gasteiger partial charge in [-0.3, -0.25) is 0 Å². The van der Waals surface area contributed by atoms with Gasteiger partial charge in [0.1, 0.15) is 4.90 Å². The van der Waals surface area contributed by atoms with Crippen LogP contribution in [0.15, 0.2) is 21.5 Å². The van der Waals surface area contributed by atoms with Crippen LogP contribution < -0.4 is 9.62 Å². The predicted molar refractivity (Wildman–Crippen MR) is 86.3 cm³/mol. The first kappa shape index (κ1) is 18.2. The molecule has 1 aromatic carbocycles. The number of benzene rings is 1. The van der Waals surface area contributed by atoms with Crippen molar-refractivity contribution in [3.63, 3.8) is 0 Å². The van der Waals surface area contributed by atoms with Gasteiger partial charge in [0, 0.05) is 4.47 Å². The molecular weight excluding hydrogens is 387 g/mol. The van der Waals surface area contributed by atoms with Crippen LogP contribution in [0.3, 0.4) is 0 Å². The molecule has 0 aliphatic carbocycles. The molecule has 0 aliphatic heterocycles. The predicted octanol–water partition coefficient (Wildman–Crippen LogP) is 1.96. The molecular formula is C12H18BrCl2N2O2S+. The molecule has 0 bridgehead atoms. The Balaban J connectivity index is 2.85. The molecule has 0 saturated heterocycles. The number of hydrogen-bond donors (Lipinski definition) is 2. The van der Waals surface area contributed by atoms with Gasteiger partial charge in [-0.2, -0.15) is 0 Å². The van der Waals surface area contributed by atoms with Gasteiger partial charge in [0.25, 0.3) is 0 Å². The second kappa shape index (κ2) is 7.96. The van der Waals surface area contributed by atoms with Crippen molar-refractivity contribution in [2.24, 2.45) is 0 Å². The lowest BCUT2D eigenvalue weighted by molar-refractivity contribution is -0.895. The Morgan fingerprint density at radius 1 is 1.20 bits per heavy atom. The van der Waals surface area contributed by atoms with E-state index in [0.717, 1.165) is 19.6 Å². The minimum atomic E-state index is -3.70. The van der Waals surface area contributed by atoms with Crippen molar-refractivity contribution >= 4 is 49.2 Å². The number of quaternary nitrogens is 1. The Hall–Kier alpha value is 0.150. The molecule has 1 aromatic rings. The highest BCUT2D eigenvalue weighted by molar-refractivity contribution is 9.10. The van der Waals surface area contributed by atoms with Crippen LogP contribution in [0.25, 0.3) is 0 Å². The third-order valence-electron chi connectivity index (χ3n) is 3.00. The van der Waals surface area contributed by atoms with Gasteiger partial charge in [-0.1, -0.05) is 39.1 Å². The molecule has 0 heterocycles. The third-order valence-corrected chi connectivity index (χ3v) is 5.84. The monoisotopic (exact) mass is 403 g/mol. The minimum Gasteiger partial charge on any atom is -0.334 e. The van der Waals surface area contributed by atoms with Gasteiger partial charge in [-0.15, -0.1) is 0 Å². The van der Waals surface area contributed by atoms with Crippen molar-refractivity contribution in [2.75, 3.05) is 26.2 Å². The summed E-state index contributed by atoms with van der Waals surface area (Å²) in [6, 6.07) is 3.02. The van der Waals surface area contributed by atoms with E-state index in [4.69, 9.17) is 23.2 Å². The number of sulfonamides is 1. The van der Waals surface area contributed by atoms with Gasteiger partial charge in [0.15, 0.2) is 0 Å². The molecule has 0 atom stereocenters. The Morgan fingerprint density at radius 3 is 2.15 bits per heavy atom. The van der Waals surface area contributed by atoms with Gasteiger partial charge < -0.3 is 4.90 Å². The number of nitrogens with one attached hydrogen (secondary N) is 2. The van der Waals surface area contributed by atoms with E-state index in [-0.39, 0.29) is 14.9 Å². The highest BCUT2D eigenvalue weighted by Crippen LogP contribution is 2.32. The lowest BCUT2D eigenvalue weighted by atomic mass is 10.4. The highest BCUT2D eigenvalue weighted by Gasteiger charge is 2.22. The fourth-order valence-electron chi connectivity index (χ4n) is 1.82. The minimum absolute atomic E-state index is 0.0708. The average Bonchev–Trinajstić information content (AvgIpc) is 2.32. The highest BCUT2D eigenvalue weighted by atomic mass is 79.9. The lowest BCUT2D eigenvalue weighted by Gasteiger charge is -2.16. The maximum Gasteiger partial charge on any atom is 0.243 e. The SMILES string of the molecule is CC[NH+](CC)CCNS(=O)(=O)c1c(Cl)cc(Br)cc1Cl. The van der Waals surface area contributed by atoms with E-state index in [1.165, 1.54) is 17.0 Å². The topological polar surface area (TPSA) is 50.6 Å².